The second-order valence-electron chi connectivity index (χ2n) is 4.44. The van der Waals surface area contributed by atoms with Gasteiger partial charge in [-0.25, -0.2) is 4.79 Å². The fourth-order valence-corrected chi connectivity index (χ4v) is 3.27. The van der Waals surface area contributed by atoms with Gasteiger partial charge in [0.05, 0.1) is 0 Å². The quantitative estimate of drug-likeness (QED) is 0.867. The Morgan fingerprint density at radius 3 is 2.59 bits per heavy atom. The summed E-state index contributed by atoms with van der Waals surface area (Å²) in [4.78, 5) is 11.5. The molecule has 2 N–H and O–H groups in total. The minimum Gasteiger partial charge on any atom is -0.480 e. The Labute approximate surface area is 106 Å². The standard InChI is InChI=1S/C13H17NO2S/c1-10-4-2-3-5-11(10)14-13(12(15)16)6-8-17-9-7-13/h2-5,14H,6-9H2,1H3,(H,15,16). The number of carboxylic acids is 1. The van der Waals surface area contributed by atoms with Crippen LogP contribution in [0, 0.1) is 6.92 Å². The molecule has 0 aromatic heterocycles. The molecule has 92 valence electrons. The lowest BCUT2D eigenvalue weighted by atomic mass is 9.91. The molecule has 0 radical (unpaired) electrons. The van der Waals surface area contributed by atoms with Gasteiger partial charge in [0, 0.05) is 5.69 Å². The lowest BCUT2D eigenvalue weighted by molar-refractivity contribution is -0.142. The van der Waals surface area contributed by atoms with Gasteiger partial charge < -0.3 is 10.4 Å². The number of hydrogen-bond donors (Lipinski definition) is 2. The number of aliphatic carboxylic acids is 1. The minimum atomic E-state index is -0.780. The molecule has 1 aromatic carbocycles. The zero-order valence-corrected chi connectivity index (χ0v) is 10.7. The summed E-state index contributed by atoms with van der Waals surface area (Å²) in [5, 5.41) is 12.7. The van der Waals surface area contributed by atoms with Crippen molar-refractivity contribution in [3.63, 3.8) is 0 Å². The van der Waals surface area contributed by atoms with Crippen LogP contribution < -0.4 is 5.32 Å². The van der Waals surface area contributed by atoms with Crippen LogP contribution in [0.3, 0.4) is 0 Å². The van der Waals surface area contributed by atoms with Crippen LogP contribution >= 0.6 is 11.8 Å². The van der Waals surface area contributed by atoms with E-state index in [4.69, 9.17) is 0 Å². The summed E-state index contributed by atoms with van der Waals surface area (Å²) in [7, 11) is 0. The Kier molecular flexibility index (Phi) is 3.62. The van der Waals surface area contributed by atoms with E-state index in [1.54, 1.807) is 0 Å². The number of nitrogens with one attached hydrogen (secondary N) is 1. The van der Waals surface area contributed by atoms with E-state index in [2.05, 4.69) is 5.32 Å². The molecule has 0 amide bonds. The summed E-state index contributed by atoms with van der Waals surface area (Å²) in [6.07, 6.45) is 1.36. The third-order valence-electron chi connectivity index (χ3n) is 3.27. The molecule has 0 aliphatic carbocycles. The van der Waals surface area contributed by atoms with Crippen LogP contribution in [0.1, 0.15) is 18.4 Å². The molecule has 0 spiro atoms. The van der Waals surface area contributed by atoms with E-state index in [1.165, 1.54) is 0 Å². The van der Waals surface area contributed by atoms with Crippen molar-refractivity contribution in [2.75, 3.05) is 16.8 Å². The van der Waals surface area contributed by atoms with Gasteiger partial charge in [0.15, 0.2) is 0 Å². The van der Waals surface area contributed by atoms with Crippen LogP contribution in [-0.4, -0.2) is 28.1 Å². The smallest absolute Gasteiger partial charge is 0.329 e. The number of hydrogen-bond acceptors (Lipinski definition) is 3. The average Bonchev–Trinajstić information content (AvgIpc) is 2.33. The topological polar surface area (TPSA) is 49.3 Å². The van der Waals surface area contributed by atoms with E-state index in [0.29, 0.717) is 12.8 Å². The van der Waals surface area contributed by atoms with Crippen LogP contribution in [0.2, 0.25) is 0 Å². The summed E-state index contributed by atoms with van der Waals surface area (Å²) in [6, 6.07) is 7.84. The van der Waals surface area contributed by atoms with E-state index in [0.717, 1.165) is 22.8 Å². The van der Waals surface area contributed by atoms with Gasteiger partial charge >= 0.3 is 5.97 Å². The number of anilines is 1. The number of aryl methyl sites for hydroxylation is 1. The highest BCUT2D eigenvalue weighted by molar-refractivity contribution is 7.99. The molecule has 1 aliphatic rings. The Hall–Kier alpha value is -1.16. The maximum Gasteiger partial charge on any atom is 0.329 e. The van der Waals surface area contributed by atoms with Gasteiger partial charge in [0.25, 0.3) is 0 Å². The third-order valence-corrected chi connectivity index (χ3v) is 4.26. The fourth-order valence-electron chi connectivity index (χ4n) is 2.08. The van der Waals surface area contributed by atoms with E-state index >= 15 is 0 Å². The van der Waals surface area contributed by atoms with Crippen LogP contribution in [0.25, 0.3) is 0 Å². The molecule has 0 saturated carbocycles. The van der Waals surface area contributed by atoms with Crippen molar-refractivity contribution in [2.24, 2.45) is 0 Å². The second-order valence-corrected chi connectivity index (χ2v) is 5.66. The lowest BCUT2D eigenvalue weighted by Crippen LogP contribution is -2.49. The van der Waals surface area contributed by atoms with Crippen molar-refractivity contribution in [1.82, 2.24) is 0 Å². The number of carbonyl (C=O) groups is 1. The molecule has 2 rings (SSSR count). The first-order valence-electron chi connectivity index (χ1n) is 5.79. The molecule has 0 bridgehead atoms. The SMILES string of the molecule is Cc1ccccc1NC1(C(=O)O)CCSCC1. The van der Waals surface area contributed by atoms with Crippen molar-refractivity contribution >= 4 is 23.4 Å². The van der Waals surface area contributed by atoms with Crippen LogP contribution in [0.15, 0.2) is 24.3 Å². The number of thioether (sulfide) groups is 1. The highest BCUT2D eigenvalue weighted by Crippen LogP contribution is 2.31. The van der Waals surface area contributed by atoms with Crippen LogP contribution in [-0.2, 0) is 4.79 Å². The highest BCUT2D eigenvalue weighted by Gasteiger charge is 2.39. The number of rotatable bonds is 3. The van der Waals surface area contributed by atoms with E-state index in [-0.39, 0.29) is 0 Å². The molecule has 3 nitrogen and oxygen atoms in total. The predicted molar refractivity (Wildman–Crippen MR) is 71.7 cm³/mol. The normalized spacial score (nSPS) is 18.6. The maximum absolute atomic E-state index is 11.5. The van der Waals surface area contributed by atoms with Crippen molar-refractivity contribution in [2.45, 2.75) is 25.3 Å². The zero-order chi connectivity index (χ0) is 12.3. The summed E-state index contributed by atoms with van der Waals surface area (Å²) < 4.78 is 0. The number of benzene rings is 1. The van der Waals surface area contributed by atoms with Gasteiger partial charge in [-0.15, -0.1) is 0 Å². The Balaban J connectivity index is 2.24. The number of carboxylic acid groups (broad SMARTS) is 1. The van der Waals surface area contributed by atoms with Crippen molar-refractivity contribution in [3.8, 4) is 0 Å². The summed E-state index contributed by atoms with van der Waals surface area (Å²) in [6.45, 7) is 2.00. The molecule has 0 unspecified atom stereocenters. The molecule has 17 heavy (non-hydrogen) atoms. The highest BCUT2D eigenvalue weighted by atomic mass is 32.2. The Morgan fingerprint density at radius 1 is 1.35 bits per heavy atom. The summed E-state index contributed by atoms with van der Waals surface area (Å²) in [5.41, 5.74) is 1.24. The number of para-hydroxylation sites is 1. The second kappa shape index (κ2) is 5.00. The first-order valence-corrected chi connectivity index (χ1v) is 6.94. The maximum atomic E-state index is 11.5. The summed E-state index contributed by atoms with van der Waals surface area (Å²) in [5.74, 6) is 1.08. The Morgan fingerprint density at radius 2 is 2.00 bits per heavy atom. The zero-order valence-electron chi connectivity index (χ0n) is 9.90. The minimum absolute atomic E-state index is 0.682. The Bertz CT molecular complexity index is 414. The molecule has 4 heteroatoms. The van der Waals surface area contributed by atoms with Gasteiger partial charge in [-0.1, -0.05) is 18.2 Å². The molecule has 1 saturated heterocycles. The predicted octanol–water partition coefficient (Wildman–Crippen LogP) is 2.76. The van der Waals surface area contributed by atoms with Gasteiger partial charge in [-0.3, -0.25) is 0 Å². The van der Waals surface area contributed by atoms with Crippen molar-refractivity contribution in [3.05, 3.63) is 29.8 Å². The van der Waals surface area contributed by atoms with Gasteiger partial charge in [0.1, 0.15) is 5.54 Å². The molecule has 1 fully saturated rings. The van der Waals surface area contributed by atoms with E-state index in [9.17, 15) is 9.90 Å². The molecule has 0 atom stereocenters. The molecular weight excluding hydrogens is 234 g/mol. The van der Waals surface area contributed by atoms with Gasteiger partial charge in [0.2, 0.25) is 0 Å². The average molecular weight is 251 g/mol. The van der Waals surface area contributed by atoms with Crippen molar-refractivity contribution < 1.29 is 9.90 Å². The van der Waals surface area contributed by atoms with Crippen LogP contribution in [0.5, 0.6) is 0 Å². The monoisotopic (exact) mass is 251 g/mol. The molecule has 1 heterocycles. The van der Waals surface area contributed by atoms with Gasteiger partial charge in [-0.2, -0.15) is 11.8 Å². The third kappa shape index (κ3) is 2.57. The van der Waals surface area contributed by atoms with E-state index < -0.39 is 11.5 Å². The molecular formula is C13H17NO2S. The molecule has 1 aromatic rings. The fraction of sp³-hybridized carbons (Fsp3) is 0.462. The molecule has 1 aliphatic heterocycles. The summed E-state index contributed by atoms with van der Waals surface area (Å²) >= 11 is 1.83. The van der Waals surface area contributed by atoms with Crippen molar-refractivity contribution in [1.29, 1.82) is 0 Å². The lowest BCUT2D eigenvalue weighted by Gasteiger charge is -2.35. The van der Waals surface area contributed by atoms with Gasteiger partial charge in [-0.05, 0) is 42.9 Å². The van der Waals surface area contributed by atoms with Crippen LogP contribution in [0.4, 0.5) is 5.69 Å². The first-order chi connectivity index (χ1) is 8.14. The van der Waals surface area contributed by atoms with E-state index in [1.807, 2.05) is 43.0 Å². The largest absolute Gasteiger partial charge is 0.480 e. The first kappa shape index (κ1) is 12.3.